The van der Waals surface area contributed by atoms with E-state index in [0.29, 0.717) is 0 Å². The molecule has 1 aromatic rings. The zero-order valence-corrected chi connectivity index (χ0v) is 15.2. The second-order valence-corrected chi connectivity index (χ2v) is 9.75. The third-order valence-corrected chi connectivity index (χ3v) is 4.78. The molecule has 0 radical (unpaired) electrons. The quantitative estimate of drug-likeness (QED) is 0.858. The fourth-order valence-electron chi connectivity index (χ4n) is 2.62. The van der Waals surface area contributed by atoms with Crippen LogP contribution in [0.15, 0.2) is 28.7 Å². The van der Waals surface area contributed by atoms with E-state index in [1.54, 1.807) is 0 Å². The molecule has 0 bridgehead atoms. The highest BCUT2D eigenvalue weighted by Crippen LogP contribution is 2.27. The van der Waals surface area contributed by atoms with Crippen LogP contribution in [0.5, 0.6) is 0 Å². The van der Waals surface area contributed by atoms with Gasteiger partial charge < -0.3 is 0 Å². The van der Waals surface area contributed by atoms with Crippen molar-refractivity contribution < 1.29 is 8.42 Å². The Balaban J connectivity index is 2.77. The van der Waals surface area contributed by atoms with E-state index in [-0.39, 0.29) is 11.2 Å². The van der Waals surface area contributed by atoms with E-state index in [2.05, 4.69) is 41.4 Å². The van der Waals surface area contributed by atoms with Gasteiger partial charge in [-0.05, 0) is 43.4 Å². The van der Waals surface area contributed by atoms with Crippen LogP contribution in [0.1, 0.15) is 46.6 Å². The molecule has 0 spiro atoms. The maximum absolute atomic E-state index is 12.3. The average Bonchev–Trinajstić information content (AvgIpc) is 2.15. The zero-order valence-electron chi connectivity index (χ0n) is 12.8. The number of nitrogens with one attached hydrogen (secondary N) is 1. The standard InChI is InChI=1S/C15H24BrNO2S/c1-14(2,3)11-15(4,5)17-20(18,19)10-12-6-8-13(16)9-7-12/h6-9,17H,10-11H2,1-5H3. The Kier molecular flexibility index (Phi) is 5.44. The molecule has 0 fully saturated rings. The van der Waals surface area contributed by atoms with Crippen molar-refractivity contribution in [2.75, 3.05) is 0 Å². The molecule has 0 unspecified atom stereocenters. The number of halogens is 1. The van der Waals surface area contributed by atoms with E-state index in [9.17, 15) is 8.42 Å². The third kappa shape index (κ3) is 6.86. The molecule has 5 heteroatoms. The molecule has 0 aliphatic carbocycles. The summed E-state index contributed by atoms with van der Waals surface area (Å²) in [6, 6.07) is 7.34. The van der Waals surface area contributed by atoms with E-state index in [1.165, 1.54) is 0 Å². The highest BCUT2D eigenvalue weighted by Gasteiger charge is 2.29. The van der Waals surface area contributed by atoms with Crippen molar-refractivity contribution in [3.63, 3.8) is 0 Å². The van der Waals surface area contributed by atoms with Gasteiger partial charge in [0.25, 0.3) is 0 Å². The molecule has 0 amide bonds. The maximum Gasteiger partial charge on any atom is 0.216 e. The van der Waals surface area contributed by atoms with Crippen LogP contribution >= 0.6 is 15.9 Å². The summed E-state index contributed by atoms with van der Waals surface area (Å²) in [5.74, 6) is 0.00779. The van der Waals surface area contributed by atoms with Crippen LogP contribution in [-0.4, -0.2) is 14.0 Å². The summed E-state index contributed by atoms with van der Waals surface area (Å²) < 4.78 is 28.3. The van der Waals surface area contributed by atoms with E-state index in [4.69, 9.17) is 0 Å². The van der Waals surface area contributed by atoms with Gasteiger partial charge in [-0.25, -0.2) is 13.1 Å². The molecule has 1 rings (SSSR count). The molecule has 0 saturated carbocycles. The Labute approximate surface area is 131 Å². The van der Waals surface area contributed by atoms with Gasteiger partial charge in [-0.1, -0.05) is 48.8 Å². The first-order valence-corrected chi connectivity index (χ1v) is 9.09. The SMILES string of the molecule is CC(C)(C)CC(C)(C)NS(=O)(=O)Cc1ccc(Br)cc1. The Bertz CT molecular complexity index is 542. The van der Waals surface area contributed by atoms with Crippen molar-refractivity contribution in [1.82, 2.24) is 4.72 Å². The molecular formula is C15H24BrNO2S. The molecular weight excluding hydrogens is 338 g/mol. The highest BCUT2D eigenvalue weighted by molar-refractivity contribution is 9.10. The van der Waals surface area contributed by atoms with Crippen molar-refractivity contribution in [2.45, 2.75) is 52.3 Å². The zero-order chi connectivity index (χ0) is 15.6. The molecule has 0 saturated heterocycles. The van der Waals surface area contributed by atoms with Crippen molar-refractivity contribution in [1.29, 1.82) is 0 Å². The first-order chi connectivity index (χ1) is 8.89. The predicted octanol–water partition coefficient (Wildman–Crippen LogP) is 4.08. The molecule has 0 aliphatic rings. The summed E-state index contributed by atoms with van der Waals surface area (Å²) in [7, 11) is -3.34. The third-order valence-electron chi connectivity index (χ3n) is 2.67. The van der Waals surface area contributed by atoms with Gasteiger partial charge in [-0.15, -0.1) is 0 Å². The monoisotopic (exact) mass is 361 g/mol. The van der Waals surface area contributed by atoms with E-state index < -0.39 is 15.6 Å². The van der Waals surface area contributed by atoms with Crippen LogP contribution in [-0.2, 0) is 15.8 Å². The minimum Gasteiger partial charge on any atom is -0.212 e. The van der Waals surface area contributed by atoms with Gasteiger partial charge in [0.05, 0.1) is 5.75 Å². The Morgan fingerprint density at radius 1 is 1.05 bits per heavy atom. The largest absolute Gasteiger partial charge is 0.216 e. The lowest BCUT2D eigenvalue weighted by Gasteiger charge is -2.33. The van der Waals surface area contributed by atoms with E-state index in [1.807, 2.05) is 38.1 Å². The van der Waals surface area contributed by atoms with Gasteiger partial charge >= 0.3 is 0 Å². The van der Waals surface area contributed by atoms with E-state index >= 15 is 0 Å². The smallest absolute Gasteiger partial charge is 0.212 e. The summed E-state index contributed by atoms with van der Waals surface area (Å²) in [5, 5.41) is 0. The molecule has 20 heavy (non-hydrogen) atoms. The normalized spacial score (nSPS) is 13.5. The minimum atomic E-state index is -3.34. The van der Waals surface area contributed by atoms with Gasteiger partial charge in [-0.3, -0.25) is 0 Å². The van der Waals surface area contributed by atoms with E-state index in [0.717, 1.165) is 16.5 Å². The average molecular weight is 362 g/mol. The lowest BCUT2D eigenvalue weighted by molar-refractivity contribution is 0.269. The summed E-state index contributed by atoms with van der Waals surface area (Å²) in [6.07, 6.45) is 0.777. The van der Waals surface area contributed by atoms with Crippen LogP contribution in [0.2, 0.25) is 0 Å². The first-order valence-electron chi connectivity index (χ1n) is 6.65. The Morgan fingerprint density at radius 2 is 1.55 bits per heavy atom. The molecule has 0 aliphatic heterocycles. The van der Waals surface area contributed by atoms with Crippen LogP contribution in [0.4, 0.5) is 0 Å². The first kappa shape index (κ1) is 17.7. The number of sulfonamides is 1. The van der Waals surface area contributed by atoms with Gasteiger partial charge in [0.2, 0.25) is 10.0 Å². The Morgan fingerprint density at radius 3 is 2.00 bits per heavy atom. The van der Waals surface area contributed by atoms with Crippen molar-refractivity contribution >= 4 is 26.0 Å². The molecule has 114 valence electrons. The van der Waals surface area contributed by atoms with Crippen LogP contribution in [0, 0.1) is 5.41 Å². The van der Waals surface area contributed by atoms with Crippen LogP contribution in [0.3, 0.4) is 0 Å². The fraction of sp³-hybridized carbons (Fsp3) is 0.600. The minimum absolute atomic E-state index is 0.00779. The summed E-state index contributed by atoms with van der Waals surface area (Å²) in [6.45, 7) is 10.2. The Hall–Kier alpha value is -0.390. The van der Waals surface area contributed by atoms with Crippen LogP contribution in [0.25, 0.3) is 0 Å². The summed E-state index contributed by atoms with van der Waals surface area (Å²) in [5.41, 5.74) is 0.406. The van der Waals surface area contributed by atoms with Gasteiger partial charge in [-0.2, -0.15) is 0 Å². The second-order valence-electron chi connectivity index (χ2n) is 7.11. The molecule has 0 heterocycles. The molecule has 0 atom stereocenters. The van der Waals surface area contributed by atoms with Crippen molar-refractivity contribution in [3.8, 4) is 0 Å². The topological polar surface area (TPSA) is 46.2 Å². The molecule has 1 N–H and O–H groups in total. The van der Waals surface area contributed by atoms with Gasteiger partial charge in [0, 0.05) is 10.0 Å². The number of rotatable bonds is 5. The fourth-order valence-corrected chi connectivity index (χ4v) is 4.50. The second kappa shape index (κ2) is 6.16. The van der Waals surface area contributed by atoms with Crippen molar-refractivity contribution in [3.05, 3.63) is 34.3 Å². The lowest BCUT2D eigenvalue weighted by Crippen LogP contribution is -2.46. The summed E-state index contributed by atoms with van der Waals surface area (Å²) in [4.78, 5) is 0. The maximum atomic E-state index is 12.3. The van der Waals surface area contributed by atoms with Gasteiger partial charge in [0.15, 0.2) is 0 Å². The highest BCUT2D eigenvalue weighted by atomic mass is 79.9. The van der Waals surface area contributed by atoms with Gasteiger partial charge in [0.1, 0.15) is 0 Å². The lowest BCUT2D eigenvalue weighted by atomic mass is 9.82. The number of hydrogen-bond donors (Lipinski definition) is 1. The van der Waals surface area contributed by atoms with Crippen LogP contribution < -0.4 is 4.72 Å². The molecule has 3 nitrogen and oxygen atoms in total. The molecule has 1 aromatic carbocycles. The summed E-state index contributed by atoms with van der Waals surface area (Å²) >= 11 is 3.34. The number of hydrogen-bond acceptors (Lipinski definition) is 2. The predicted molar refractivity (Wildman–Crippen MR) is 88.1 cm³/mol. The number of benzene rings is 1. The molecule has 0 aromatic heterocycles. The van der Waals surface area contributed by atoms with Crippen molar-refractivity contribution in [2.24, 2.45) is 5.41 Å².